The average molecular weight is 348 g/mol. The molecule has 0 spiro atoms. The van der Waals surface area contributed by atoms with Crippen LogP contribution in [-0.4, -0.2) is 28.9 Å². The number of thiophene rings is 1. The Labute approximate surface area is 152 Å². The third-order valence-corrected chi connectivity index (χ3v) is 6.15. The van der Waals surface area contributed by atoms with Gasteiger partial charge in [-0.05, 0) is 23.8 Å². The second-order valence-corrected chi connectivity index (χ2v) is 7.67. The van der Waals surface area contributed by atoms with E-state index in [4.69, 9.17) is 0 Å². The highest BCUT2D eigenvalue weighted by Gasteiger charge is 2.38. The number of likely N-dealkylation sites (tertiary alicyclic amines) is 1. The highest BCUT2D eigenvalue weighted by molar-refractivity contribution is 7.15. The number of likely N-dealkylation sites (N-methyl/N-ethyl adjacent to an activating group) is 1. The average Bonchev–Trinajstić information content (AvgIpc) is 3.24. The number of pyridine rings is 1. The molecule has 0 bridgehead atoms. The molecular weight excluding hydrogens is 328 g/mol. The predicted molar refractivity (Wildman–Crippen MR) is 102 cm³/mol. The SMILES string of the molecule is CN1C(=O)CC(c2ccccc2)C1Cc1ccc(-c2cccnc2)s1. The van der Waals surface area contributed by atoms with Crippen LogP contribution in [0.1, 0.15) is 22.8 Å². The molecule has 3 nitrogen and oxygen atoms in total. The molecule has 2 aromatic heterocycles. The number of carbonyl (C=O) groups excluding carboxylic acids is 1. The van der Waals surface area contributed by atoms with Gasteiger partial charge in [0.1, 0.15) is 0 Å². The zero-order valence-corrected chi connectivity index (χ0v) is 14.9. The molecule has 0 aliphatic carbocycles. The van der Waals surface area contributed by atoms with Crippen molar-refractivity contribution >= 4 is 17.2 Å². The van der Waals surface area contributed by atoms with Crippen molar-refractivity contribution in [3.8, 4) is 10.4 Å². The van der Waals surface area contributed by atoms with Crippen molar-refractivity contribution in [1.29, 1.82) is 0 Å². The van der Waals surface area contributed by atoms with E-state index in [1.54, 1.807) is 17.5 Å². The molecule has 1 aromatic carbocycles. The largest absolute Gasteiger partial charge is 0.342 e. The summed E-state index contributed by atoms with van der Waals surface area (Å²) in [4.78, 5) is 21.0. The Bertz CT molecular complexity index is 860. The van der Waals surface area contributed by atoms with Gasteiger partial charge < -0.3 is 4.90 Å². The molecule has 4 heteroatoms. The molecular formula is C21H20N2OS. The Morgan fingerprint density at radius 2 is 1.96 bits per heavy atom. The van der Waals surface area contributed by atoms with Crippen LogP contribution in [0.2, 0.25) is 0 Å². The standard InChI is InChI=1S/C21H20N2OS/c1-23-19(18(13-21(23)24)15-6-3-2-4-7-15)12-17-9-10-20(25-17)16-8-5-11-22-14-16/h2-11,14,18-19H,12-13H2,1H3. The van der Waals surface area contributed by atoms with Gasteiger partial charge in [-0.15, -0.1) is 11.3 Å². The molecule has 1 aliphatic rings. The fourth-order valence-electron chi connectivity index (χ4n) is 3.60. The Hall–Kier alpha value is -2.46. The Morgan fingerprint density at radius 1 is 1.12 bits per heavy atom. The highest BCUT2D eigenvalue weighted by Crippen LogP contribution is 2.37. The lowest BCUT2D eigenvalue weighted by Gasteiger charge is -2.24. The van der Waals surface area contributed by atoms with Crippen LogP contribution in [0.15, 0.2) is 67.0 Å². The maximum Gasteiger partial charge on any atom is 0.223 e. The van der Waals surface area contributed by atoms with Crippen LogP contribution < -0.4 is 0 Å². The Balaban J connectivity index is 1.58. The van der Waals surface area contributed by atoms with Crippen molar-refractivity contribution < 1.29 is 4.79 Å². The number of rotatable bonds is 4. The second-order valence-electron chi connectivity index (χ2n) is 6.51. The van der Waals surface area contributed by atoms with Crippen LogP contribution in [0.25, 0.3) is 10.4 Å². The van der Waals surface area contributed by atoms with Gasteiger partial charge in [0.05, 0.1) is 0 Å². The summed E-state index contributed by atoms with van der Waals surface area (Å²) in [6, 6.07) is 19.0. The van der Waals surface area contributed by atoms with Gasteiger partial charge in [-0.2, -0.15) is 0 Å². The molecule has 1 fully saturated rings. The fourth-order valence-corrected chi connectivity index (χ4v) is 4.65. The Morgan fingerprint density at radius 3 is 2.72 bits per heavy atom. The van der Waals surface area contributed by atoms with Crippen LogP contribution in [0, 0.1) is 0 Å². The fraction of sp³-hybridized carbons (Fsp3) is 0.238. The zero-order valence-electron chi connectivity index (χ0n) is 14.1. The number of hydrogen-bond acceptors (Lipinski definition) is 3. The van der Waals surface area contributed by atoms with Crippen LogP contribution >= 0.6 is 11.3 Å². The number of carbonyl (C=O) groups is 1. The lowest BCUT2D eigenvalue weighted by atomic mass is 9.89. The van der Waals surface area contributed by atoms with E-state index in [0.717, 1.165) is 12.0 Å². The third kappa shape index (κ3) is 3.22. The highest BCUT2D eigenvalue weighted by atomic mass is 32.1. The summed E-state index contributed by atoms with van der Waals surface area (Å²) in [6.45, 7) is 0. The summed E-state index contributed by atoms with van der Waals surface area (Å²) in [5, 5.41) is 0. The summed E-state index contributed by atoms with van der Waals surface area (Å²) in [5.41, 5.74) is 2.41. The number of amides is 1. The molecule has 25 heavy (non-hydrogen) atoms. The van der Waals surface area contributed by atoms with Gasteiger partial charge in [-0.25, -0.2) is 0 Å². The maximum absolute atomic E-state index is 12.3. The molecule has 0 N–H and O–H groups in total. The minimum atomic E-state index is 0.218. The number of nitrogens with zero attached hydrogens (tertiary/aromatic N) is 2. The first-order chi connectivity index (χ1) is 12.2. The van der Waals surface area contributed by atoms with Crippen LogP contribution in [0.4, 0.5) is 0 Å². The topological polar surface area (TPSA) is 33.2 Å². The van der Waals surface area contributed by atoms with Crippen LogP contribution in [0.5, 0.6) is 0 Å². The van der Waals surface area contributed by atoms with E-state index < -0.39 is 0 Å². The number of benzene rings is 1. The van der Waals surface area contributed by atoms with E-state index in [2.05, 4.69) is 47.4 Å². The molecule has 1 aliphatic heterocycles. The normalized spacial score (nSPS) is 20.2. The van der Waals surface area contributed by atoms with E-state index in [1.807, 2.05) is 30.3 Å². The van der Waals surface area contributed by atoms with E-state index in [-0.39, 0.29) is 17.9 Å². The molecule has 0 radical (unpaired) electrons. The minimum Gasteiger partial charge on any atom is -0.342 e. The van der Waals surface area contributed by atoms with Gasteiger partial charge in [-0.1, -0.05) is 36.4 Å². The first kappa shape index (κ1) is 16.0. The van der Waals surface area contributed by atoms with Gasteiger partial charge >= 0.3 is 0 Å². The van der Waals surface area contributed by atoms with Crippen molar-refractivity contribution in [3.63, 3.8) is 0 Å². The van der Waals surface area contributed by atoms with Gasteiger partial charge in [0.25, 0.3) is 0 Å². The van der Waals surface area contributed by atoms with Gasteiger partial charge in [0, 0.05) is 59.6 Å². The first-order valence-electron chi connectivity index (χ1n) is 8.52. The molecule has 3 heterocycles. The summed E-state index contributed by atoms with van der Waals surface area (Å²) < 4.78 is 0. The lowest BCUT2D eigenvalue weighted by Crippen LogP contribution is -2.32. The molecule has 0 saturated carbocycles. The van der Waals surface area contributed by atoms with Crippen molar-refractivity contribution in [2.24, 2.45) is 0 Å². The summed E-state index contributed by atoms with van der Waals surface area (Å²) >= 11 is 1.80. The minimum absolute atomic E-state index is 0.218. The predicted octanol–water partition coefficient (Wildman–Crippen LogP) is 4.37. The van der Waals surface area contributed by atoms with Crippen molar-refractivity contribution in [1.82, 2.24) is 9.88 Å². The van der Waals surface area contributed by atoms with Crippen LogP contribution in [0.3, 0.4) is 0 Å². The maximum atomic E-state index is 12.3. The van der Waals surface area contributed by atoms with Crippen molar-refractivity contribution in [2.75, 3.05) is 7.05 Å². The Kier molecular flexibility index (Phi) is 4.36. The zero-order chi connectivity index (χ0) is 17.2. The van der Waals surface area contributed by atoms with Gasteiger partial charge in [0.15, 0.2) is 0 Å². The molecule has 126 valence electrons. The van der Waals surface area contributed by atoms with E-state index in [0.29, 0.717) is 6.42 Å². The monoisotopic (exact) mass is 348 g/mol. The smallest absolute Gasteiger partial charge is 0.223 e. The molecule has 3 aromatic rings. The molecule has 2 unspecified atom stereocenters. The molecule has 1 amide bonds. The van der Waals surface area contributed by atoms with Crippen molar-refractivity contribution in [3.05, 3.63) is 77.4 Å². The molecule has 1 saturated heterocycles. The first-order valence-corrected chi connectivity index (χ1v) is 9.34. The number of hydrogen-bond donors (Lipinski definition) is 0. The van der Waals surface area contributed by atoms with Gasteiger partial charge in [-0.3, -0.25) is 9.78 Å². The quantitative estimate of drug-likeness (QED) is 0.701. The second kappa shape index (κ2) is 6.81. The molecule has 4 rings (SSSR count). The summed E-state index contributed by atoms with van der Waals surface area (Å²) in [7, 11) is 1.94. The van der Waals surface area contributed by atoms with E-state index in [9.17, 15) is 4.79 Å². The summed E-state index contributed by atoms with van der Waals surface area (Å²) in [5.74, 6) is 0.505. The van der Waals surface area contributed by atoms with Gasteiger partial charge in [0.2, 0.25) is 5.91 Å². The summed E-state index contributed by atoms with van der Waals surface area (Å²) in [6.07, 6.45) is 5.19. The van der Waals surface area contributed by atoms with Crippen LogP contribution in [-0.2, 0) is 11.2 Å². The van der Waals surface area contributed by atoms with E-state index in [1.165, 1.54) is 15.3 Å². The van der Waals surface area contributed by atoms with E-state index >= 15 is 0 Å². The lowest BCUT2D eigenvalue weighted by molar-refractivity contribution is -0.127. The number of aromatic nitrogens is 1. The molecule has 2 atom stereocenters. The third-order valence-electron chi connectivity index (χ3n) is 5.00. The van der Waals surface area contributed by atoms with Crippen molar-refractivity contribution in [2.45, 2.75) is 24.8 Å².